The zero-order valence-corrected chi connectivity index (χ0v) is 15.0. The van der Waals surface area contributed by atoms with E-state index >= 15 is 0 Å². The molecule has 2 aromatic carbocycles. The van der Waals surface area contributed by atoms with E-state index in [1.807, 2.05) is 0 Å². The Balaban J connectivity index is 1.55. The van der Waals surface area contributed by atoms with Gasteiger partial charge in [-0.25, -0.2) is 0 Å². The van der Waals surface area contributed by atoms with Crippen molar-refractivity contribution in [3.63, 3.8) is 0 Å². The van der Waals surface area contributed by atoms with Gasteiger partial charge in [0.2, 0.25) is 0 Å². The standard InChI is InChI=1S/C22H26S/c1-15-7-3-5-9-17(15)19-11-13-22-20(12-14-21(19)23-22)18-10-6-4-8-16(18)2/h3-10,19-22H,11-14H2,1-2H3/t19-,20-,21+,22+/m0/s1. The second kappa shape index (κ2) is 6.36. The van der Waals surface area contributed by atoms with Crippen LogP contribution in [0.5, 0.6) is 0 Å². The minimum atomic E-state index is 0.773. The van der Waals surface area contributed by atoms with Crippen LogP contribution in [0.15, 0.2) is 48.5 Å². The molecule has 1 heteroatoms. The van der Waals surface area contributed by atoms with E-state index in [0.29, 0.717) is 0 Å². The lowest BCUT2D eigenvalue weighted by Crippen LogP contribution is -2.35. The lowest BCUT2D eigenvalue weighted by molar-refractivity contribution is 0.407. The Kier molecular flexibility index (Phi) is 4.24. The average Bonchev–Trinajstić information content (AvgIpc) is 2.57. The smallest absolute Gasteiger partial charge is 0.0119 e. The van der Waals surface area contributed by atoms with Gasteiger partial charge in [-0.3, -0.25) is 0 Å². The molecule has 0 nitrogen and oxygen atoms in total. The van der Waals surface area contributed by atoms with Crippen LogP contribution in [-0.4, -0.2) is 10.5 Å². The Hall–Kier alpha value is -1.21. The van der Waals surface area contributed by atoms with Crippen LogP contribution < -0.4 is 0 Å². The van der Waals surface area contributed by atoms with Crippen molar-refractivity contribution in [2.45, 2.75) is 61.9 Å². The summed E-state index contributed by atoms with van der Waals surface area (Å²) in [6, 6.07) is 18.1. The van der Waals surface area contributed by atoms with Crippen molar-refractivity contribution in [2.75, 3.05) is 0 Å². The summed E-state index contributed by atoms with van der Waals surface area (Å²) in [7, 11) is 0. The van der Waals surface area contributed by atoms with Gasteiger partial charge in [-0.05, 0) is 73.6 Å². The highest BCUT2D eigenvalue weighted by atomic mass is 32.2. The lowest BCUT2D eigenvalue weighted by atomic mass is 9.77. The van der Waals surface area contributed by atoms with Gasteiger partial charge < -0.3 is 0 Å². The zero-order chi connectivity index (χ0) is 15.8. The molecule has 0 aliphatic carbocycles. The Labute approximate surface area is 144 Å². The Morgan fingerprint density at radius 2 is 1.09 bits per heavy atom. The molecule has 2 aliphatic rings. The number of thioether (sulfide) groups is 1. The minimum Gasteiger partial charge on any atom is -0.154 e. The topological polar surface area (TPSA) is 0 Å². The Morgan fingerprint density at radius 3 is 1.52 bits per heavy atom. The highest BCUT2D eigenvalue weighted by molar-refractivity contribution is 8.00. The van der Waals surface area contributed by atoms with E-state index in [1.54, 1.807) is 11.1 Å². The molecule has 0 spiro atoms. The molecular weight excluding hydrogens is 296 g/mol. The molecule has 2 saturated heterocycles. The van der Waals surface area contributed by atoms with Crippen molar-refractivity contribution in [3.05, 3.63) is 70.8 Å². The van der Waals surface area contributed by atoms with Crippen LogP contribution in [0, 0.1) is 13.8 Å². The van der Waals surface area contributed by atoms with E-state index in [4.69, 9.17) is 0 Å². The van der Waals surface area contributed by atoms with Crippen molar-refractivity contribution in [2.24, 2.45) is 0 Å². The minimum absolute atomic E-state index is 0.773. The molecule has 0 N–H and O–H groups in total. The Bertz CT molecular complexity index is 630. The van der Waals surface area contributed by atoms with E-state index in [1.165, 1.54) is 36.8 Å². The monoisotopic (exact) mass is 322 g/mol. The first-order valence-corrected chi connectivity index (χ1v) is 9.95. The van der Waals surface area contributed by atoms with Gasteiger partial charge >= 0.3 is 0 Å². The van der Waals surface area contributed by atoms with Crippen LogP contribution in [0.4, 0.5) is 0 Å². The summed E-state index contributed by atoms with van der Waals surface area (Å²) in [4.78, 5) is 0. The molecule has 2 aliphatic heterocycles. The summed E-state index contributed by atoms with van der Waals surface area (Å²) in [5.74, 6) is 1.55. The fourth-order valence-corrected chi connectivity index (χ4v) is 6.67. The maximum Gasteiger partial charge on any atom is 0.0119 e. The first-order chi connectivity index (χ1) is 11.2. The van der Waals surface area contributed by atoms with Crippen LogP contribution in [0.25, 0.3) is 0 Å². The normalized spacial score (nSPS) is 30.2. The van der Waals surface area contributed by atoms with Gasteiger partial charge in [0.1, 0.15) is 0 Å². The highest BCUT2D eigenvalue weighted by Gasteiger charge is 2.40. The highest BCUT2D eigenvalue weighted by Crippen LogP contribution is 2.53. The third kappa shape index (κ3) is 2.85. The Morgan fingerprint density at radius 1 is 0.652 bits per heavy atom. The van der Waals surface area contributed by atoms with Crippen LogP contribution in [-0.2, 0) is 0 Å². The number of hydrogen-bond acceptors (Lipinski definition) is 1. The van der Waals surface area contributed by atoms with Gasteiger partial charge in [-0.1, -0.05) is 48.5 Å². The molecule has 0 radical (unpaired) electrons. The van der Waals surface area contributed by atoms with Gasteiger partial charge in [-0.15, -0.1) is 0 Å². The van der Waals surface area contributed by atoms with Crippen LogP contribution in [0.3, 0.4) is 0 Å². The number of aryl methyl sites for hydroxylation is 2. The number of rotatable bonds is 2. The van der Waals surface area contributed by atoms with E-state index in [-0.39, 0.29) is 0 Å². The predicted molar refractivity (Wildman–Crippen MR) is 101 cm³/mol. The molecule has 2 bridgehead atoms. The molecule has 0 aromatic heterocycles. The van der Waals surface area contributed by atoms with Crippen molar-refractivity contribution in [1.82, 2.24) is 0 Å². The molecule has 2 heterocycles. The van der Waals surface area contributed by atoms with Gasteiger partial charge in [0, 0.05) is 10.5 Å². The number of hydrogen-bond donors (Lipinski definition) is 0. The van der Waals surface area contributed by atoms with Gasteiger partial charge in [0.15, 0.2) is 0 Å². The summed E-state index contributed by atoms with van der Waals surface area (Å²) in [5.41, 5.74) is 6.19. The van der Waals surface area contributed by atoms with E-state index in [0.717, 1.165) is 22.3 Å². The largest absolute Gasteiger partial charge is 0.154 e. The molecule has 0 saturated carbocycles. The fourth-order valence-electron chi connectivity index (χ4n) is 4.73. The molecule has 2 aromatic rings. The van der Waals surface area contributed by atoms with Crippen molar-refractivity contribution < 1.29 is 0 Å². The summed E-state index contributed by atoms with van der Waals surface area (Å²) < 4.78 is 0. The molecule has 0 amide bonds. The first kappa shape index (κ1) is 15.3. The van der Waals surface area contributed by atoms with Crippen molar-refractivity contribution >= 4 is 11.8 Å². The molecular formula is C22H26S. The number of fused-ring (bicyclic) bond motifs is 2. The maximum atomic E-state index is 2.37. The van der Waals surface area contributed by atoms with Gasteiger partial charge in [-0.2, -0.15) is 11.8 Å². The first-order valence-electron chi connectivity index (χ1n) is 9.00. The van der Waals surface area contributed by atoms with Crippen molar-refractivity contribution in [3.8, 4) is 0 Å². The summed E-state index contributed by atoms with van der Waals surface area (Å²) in [6.45, 7) is 4.57. The zero-order valence-electron chi connectivity index (χ0n) is 14.2. The second-order valence-electron chi connectivity index (χ2n) is 7.29. The lowest BCUT2D eigenvalue weighted by Gasteiger charge is -2.45. The molecule has 120 valence electrons. The summed E-state index contributed by atoms with van der Waals surface area (Å²) in [5, 5.41) is 1.66. The van der Waals surface area contributed by atoms with E-state index in [9.17, 15) is 0 Å². The van der Waals surface area contributed by atoms with Gasteiger partial charge in [0.25, 0.3) is 0 Å². The fraction of sp³-hybridized carbons (Fsp3) is 0.455. The third-order valence-electron chi connectivity index (χ3n) is 5.95. The van der Waals surface area contributed by atoms with Crippen LogP contribution in [0.1, 0.15) is 59.8 Å². The number of benzene rings is 2. The molecule has 2 fully saturated rings. The summed E-state index contributed by atoms with van der Waals surface area (Å²) in [6.07, 6.45) is 5.49. The molecule has 4 atom stereocenters. The quantitative estimate of drug-likeness (QED) is 0.631. The molecule has 0 unspecified atom stereocenters. The summed E-state index contributed by atoms with van der Waals surface area (Å²) >= 11 is 2.30. The third-order valence-corrected chi connectivity index (χ3v) is 7.78. The van der Waals surface area contributed by atoms with Crippen LogP contribution in [0.2, 0.25) is 0 Å². The molecule has 4 rings (SSSR count). The van der Waals surface area contributed by atoms with Gasteiger partial charge in [0.05, 0.1) is 0 Å². The molecule has 23 heavy (non-hydrogen) atoms. The maximum absolute atomic E-state index is 2.37. The van der Waals surface area contributed by atoms with E-state index in [2.05, 4.69) is 74.1 Å². The SMILES string of the molecule is Cc1ccccc1[C@@H]1CC[C@H]2S[C@@H]1CC[C@H]2c1ccccc1C. The second-order valence-corrected chi connectivity index (χ2v) is 8.78. The predicted octanol–water partition coefficient (Wildman–Crippen LogP) is 6.23. The van der Waals surface area contributed by atoms with Crippen molar-refractivity contribution in [1.29, 1.82) is 0 Å². The average molecular weight is 323 g/mol. The van der Waals surface area contributed by atoms with E-state index < -0.39 is 0 Å². The van der Waals surface area contributed by atoms with Crippen LogP contribution >= 0.6 is 11.8 Å².